The van der Waals surface area contributed by atoms with Gasteiger partial charge in [0.1, 0.15) is 0 Å². The average molecular weight is 561 g/mol. The van der Waals surface area contributed by atoms with Crippen molar-refractivity contribution in [3.63, 3.8) is 0 Å². The van der Waals surface area contributed by atoms with Gasteiger partial charge in [0.05, 0.1) is 0 Å². The molecule has 2 N–H and O–H groups in total. The fourth-order valence-corrected chi connectivity index (χ4v) is 3.42. The van der Waals surface area contributed by atoms with Crippen molar-refractivity contribution >= 4 is 53.5 Å². The van der Waals surface area contributed by atoms with Gasteiger partial charge in [-0.3, -0.25) is 0 Å². The van der Waals surface area contributed by atoms with Crippen molar-refractivity contribution in [1.29, 1.82) is 0 Å². The van der Waals surface area contributed by atoms with Crippen LogP contribution in [0.25, 0.3) is 34.2 Å². The maximum atomic E-state index is 6.06. The minimum absolute atomic E-state index is 0.574. The predicted molar refractivity (Wildman–Crippen MR) is 124 cm³/mol. The first kappa shape index (κ1) is 19.2. The number of nitrogens with zero attached hydrogens (tertiary/aromatic N) is 3. The maximum absolute atomic E-state index is 6.06. The van der Waals surface area contributed by atoms with Gasteiger partial charge in [0.2, 0.25) is 0 Å². The molecule has 0 aliphatic rings. The molecular weight excluding hydrogens is 548 g/mol. The van der Waals surface area contributed by atoms with Crippen LogP contribution in [0.2, 0.25) is 0 Å². The molecular formula is C21H13Br3N4. The maximum Gasteiger partial charge on any atom is 0.164 e. The van der Waals surface area contributed by atoms with Crippen molar-refractivity contribution in [3.05, 3.63) is 80.1 Å². The van der Waals surface area contributed by atoms with Crippen LogP contribution in [0.3, 0.4) is 0 Å². The lowest BCUT2D eigenvalue weighted by molar-refractivity contribution is 1.07. The van der Waals surface area contributed by atoms with E-state index in [1.54, 1.807) is 0 Å². The van der Waals surface area contributed by atoms with Crippen LogP contribution in [-0.4, -0.2) is 15.0 Å². The number of rotatable bonds is 3. The van der Waals surface area contributed by atoms with Crippen molar-refractivity contribution in [2.45, 2.75) is 0 Å². The Morgan fingerprint density at radius 2 is 0.929 bits per heavy atom. The van der Waals surface area contributed by atoms with Crippen LogP contribution in [0.15, 0.2) is 80.1 Å². The third kappa shape index (κ3) is 4.16. The Kier molecular flexibility index (Phi) is 5.57. The Hall–Kier alpha value is -2.09. The van der Waals surface area contributed by atoms with Gasteiger partial charge in [-0.25, -0.2) is 15.0 Å². The van der Waals surface area contributed by atoms with Crippen molar-refractivity contribution in [2.24, 2.45) is 0 Å². The van der Waals surface area contributed by atoms with E-state index in [0.717, 1.165) is 30.1 Å². The zero-order valence-corrected chi connectivity index (χ0v) is 19.2. The lowest BCUT2D eigenvalue weighted by Crippen LogP contribution is -2.00. The summed E-state index contributed by atoms with van der Waals surface area (Å²) in [5.74, 6) is 1.79. The summed E-state index contributed by atoms with van der Waals surface area (Å²) in [6, 6.07) is 21.5. The van der Waals surface area contributed by atoms with Gasteiger partial charge in [0.25, 0.3) is 0 Å². The molecule has 0 amide bonds. The van der Waals surface area contributed by atoms with Gasteiger partial charge < -0.3 is 5.73 Å². The molecule has 4 aromatic rings. The molecule has 0 atom stereocenters. The highest BCUT2D eigenvalue weighted by atomic mass is 79.9. The van der Waals surface area contributed by atoms with E-state index in [2.05, 4.69) is 47.8 Å². The predicted octanol–water partition coefficient (Wildman–Crippen LogP) is 6.74. The number of hydrogen-bond donors (Lipinski definition) is 1. The highest BCUT2D eigenvalue weighted by Gasteiger charge is 2.13. The molecule has 3 aromatic carbocycles. The largest absolute Gasteiger partial charge is 0.398 e. The van der Waals surface area contributed by atoms with Gasteiger partial charge >= 0.3 is 0 Å². The molecule has 0 aliphatic heterocycles. The summed E-state index contributed by atoms with van der Waals surface area (Å²) in [6.07, 6.45) is 0. The summed E-state index contributed by atoms with van der Waals surface area (Å²) in [5.41, 5.74) is 9.35. The van der Waals surface area contributed by atoms with E-state index < -0.39 is 0 Å². The van der Waals surface area contributed by atoms with E-state index in [4.69, 9.17) is 20.7 Å². The first-order valence-electron chi connectivity index (χ1n) is 8.33. The number of halogens is 3. The summed E-state index contributed by atoms with van der Waals surface area (Å²) in [7, 11) is 0. The minimum Gasteiger partial charge on any atom is -0.398 e. The Morgan fingerprint density at radius 3 is 1.36 bits per heavy atom. The summed E-state index contributed by atoms with van der Waals surface area (Å²) in [6.45, 7) is 0. The SMILES string of the molecule is Nc1cc(-c2nc(-c3ccc(Br)cc3)nc(-c3ccc(Br)cc3)n2)ccc1Br. The Bertz CT molecular complexity index is 1080. The molecule has 0 fully saturated rings. The highest BCUT2D eigenvalue weighted by Crippen LogP contribution is 2.29. The molecule has 7 heteroatoms. The van der Waals surface area contributed by atoms with E-state index in [9.17, 15) is 0 Å². The van der Waals surface area contributed by atoms with Crippen molar-refractivity contribution in [3.8, 4) is 34.2 Å². The minimum atomic E-state index is 0.574. The standard InChI is InChI=1S/C21H13Br3N4/c22-15-6-1-12(2-7-15)19-26-20(13-3-8-16(23)9-4-13)28-21(27-19)14-5-10-17(24)18(25)11-14/h1-11H,25H2. The van der Waals surface area contributed by atoms with Gasteiger partial charge in [0.15, 0.2) is 17.5 Å². The molecule has 0 unspecified atom stereocenters. The summed E-state index contributed by atoms with van der Waals surface area (Å²) in [4.78, 5) is 14.1. The summed E-state index contributed by atoms with van der Waals surface area (Å²) >= 11 is 10.4. The second kappa shape index (κ2) is 8.11. The third-order valence-electron chi connectivity index (χ3n) is 4.09. The molecule has 4 rings (SSSR count). The Morgan fingerprint density at radius 1 is 0.536 bits per heavy atom. The van der Waals surface area contributed by atoms with E-state index >= 15 is 0 Å². The first-order chi connectivity index (χ1) is 13.5. The normalized spacial score (nSPS) is 10.8. The first-order valence-corrected chi connectivity index (χ1v) is 10.7. The monoisotopic (exact) mass is 558 g/mol. The van der Waals surface area contributed by atoms with Crippen LogP contribution in [-0.2, 0) is 0 Å². The molecule has 0 spiro atoms. The Balaban J connectivity index is 1.90. The van der Waals surface area contributed by atoms with Crippen LogP contribution < -0.4 is 5.73 Å². The van der Waals surface area contributed by atoms with E-state index in [-0.39, 0.29) is 0 Å². The number of benzene rings is 3. The molecule has 138 valence electrons. The van der Waals surface area contributed by atoms with Gasteiger partial charge in [-0.05, 0) is 58.4 Å². The molecule has 1 aromatic heterocycles. The van der Waals surface area contributed by atoms with Crippen LogP contribution in [0.4, 0.5) is 5.69 Å². The number of aromatic nitrogens is 3. The van der Waals surface area contributed by atoms with E-state index in [0.29, 0.717) is 23.2 Å². The molecule has 0 aliphatic carbocycles. The van der Waals surface area contributed by atoms with Gasteiger partial charge in [-0.2, -0.15) is 0 Å². The smallest absolute Gasteiger partial charge is 0.164 e. The van der Waals surface area contributed by atoms with Gasteiger partial charge in [-0.1, -0.05) is 56.1 Å². The average Bonchev–Trinajstić information content (AvgIpc) is 2.71. The van der Waals surface area contributed by atoms with Crippen molar-refractivity contribution in [1.82, 2.24) is 15.0 Å². The molecule has 0 bridgehead atoms. The van der Waals surface area contributed by atoms with Crippen molar-refractivity contribution < 1.29 is 0 Å². The second-order valence-electron chi connectivity index (χ2n) is 6.06. The third-order valence-corrected chi connectivity index (χ3v) is 5.87. The Labute approximate surface area is 187 Å². The zero-order valence-electron chi connectivity index (χ0n) is 14.4. The number of nitrogen functional groups attached to an aromatic ring is 1. The van der Waals surface area contributed by atoms with Crippen LogP contribution >= 0.6 is 47.8 Å². The van der Waals surface area contributed by atoms with Crippen LogP contribution in [0.5, 0.6) is 0 Å². The molecule has 28 heavy (non-hydrogen) atoms. The van der Waals surface area contributed by atoms with Gasteiger partial charge in [0, 0.05) is 35.8 Å². The zero-order chi connectivity index (χ0) is 19.7. The lowest BCUT2D eigenvalue weighted by atomic mass is 10.1. The van der Waals surface area contributed by atoms with E-state index in [1.807, 2.05) is 66.7 Å². The number of hydrogen-bond acceptors (Lipinski definition) is 4. The fourth-order valence-electron chi connectivity index (χ4n) is 2.64. The molecule has 4 nitrogen and oxygen atoms in total. The van der Waals surface area contributed by atoms with Crippen molar-refractivity contribution in [2.75, 3.05) is 5.73 Å². The fraction of sp³-hybridized carbons (Fsp3) is 0. The molecule has 0 saturated carbocycles. The lowest BCUT2D eigenvalue weighted by Gasteiger charge is -2.09. The number of anilines is 1. The topological polar surface area (TPSA) is 64.7 Å². The molecule has 0 saturated heterocycles. The summed E-state index contributed by atoms with van der Waals surface area (Å²) in [5, 5.41) is 0. The second-order valence-corrected chi connectivity index (χ2v) is 8.74. The molecule has 1 heterocycles. The highest BCUT2D eigenvalue weighted by molar-refractivity contribution is 9.11. The summed E-state index contributed by atoms with van der Waals surface area (Å²) < 4.78 is 2.84. The quantitative estimate of drug-likeness (QED) is 0.282. The van der Waals surface area contributed by atoms with E-state index in [1.165, 1.54) is 0 Å². The van der Waals surface area contributed by atoms with Crippen LogP contribution in [0.1, 0.15) is 0 Å². The van der Waals surface area contributed by atoms with Gasteiger partial charge in [-0.15, -0.1) is 0 Å². The molecule has 0 radical (unpaired) electrons. The number of nitrogens with two attached hydrogens (primary N) is 1. The van der Waals surface area contributed by atoms with Crippen LogP contribution in [0, 0.1) is 0 Å².